The molecule has 0 saturated heterocycles. The van der Waals surface area contributed by atoms with Crippen LogP contribution in [-0.4, -0.2) is 29.2 Å². The summed E-state index contributed by atoms with van der Waals surface area (Å²) < 4.78 is 0. The molecule has 2 atom stereocenters. The van der Waals surface area contributed by atoms with Gasteiger partial charge in [0.05, 0.1) is 6.10 Å². The second kappa shape index (κ2) is 5.19. The summed E-state index contributed by atoms with van der Waals surface area (Å²) in [7, 11) is 0. The molecule has 1 fully saturated rings. The molecule has 0 bridgehead atoms. The molecule has 0 aromatic carbocycles. The topological polar surface area (TPSA) is 23.5 Å². The Bertz CT molecular complexity index is 440. The molecular weight excluding hydrogens is 254 g/mol. The first-order valence-electron chi connectivity index (χ1n) is 7.49. The Morgan fingerprint density at radius 2 is 2.32 bits per heavy atom. The van der Waals surface area contributed by atoms with Gasteiger partial charge in [-0.3, -0.25) is 4.90 Å². The van der Waals surface area contributed by atoms with Gasteiger partial charge in [0.25, 0.3) is 0 Å². The van der Waals surface area contributed by atoms with Gasteiger partial charge in [-0.05, 0) is 54.0 Å². The molecule has 2 aliphatic rings. The quantitative estimate of drug-likeness (QED) is 0.898. The van der Waals surface area contributed by atoms with Crippen molar-refractivity contribution in [2.24, 2.45) is 11.3 Å². The van der Waals surface area contributed by atoms with Gasteiger partial charge in [0.2, 0.25) is 0 Å². The molecule has 1 N–H and O–H groups in total. The zero-order valence-corrected chi connectivity index (χ0v) is 12.9. The van der Waals surface area contributed by atoms with Gasteiger partial charge in [0.15, 0.2) is 0 Å². The van der Waals surface area contributed by atoms with E-state index in [0.717, 1.165) is 26.1 Å². The molecule has 0 radical (unpaired) electrons. The molecule has 1 aliphatic carbocycles. The highest BCUT2D eigenvalue weighted by atomic mass is 32.1. The number of aliphatic hydroxyl groups excluding tert-OH is 1. The van der Waals surface area contributed by atoms with Crippen LogP contribution < -0.4 is 0 Å². The van der Waals surface area contributed by atoms with Gasteiger partial charge in [-0.15, -0.1) is 11.3 Å². The minimum absolute atomic E-state index is 0.0862. The molecule has 1 aromatic heterocycles. The molecule has 0 spiro atoms. The summed E-state index contributed by atoms with van der Waals surface area (Å²) in [4.78, 5) is 4.12. The second-order valence-electron chi connectivity index (χ2n) is 7.09. The van der Waals surface area contributed by atoms with Crippen molar-refractivity contribution >= 4 is 11.3 Å². The van der Waals surface area contributed by atoms with Crippen LogP contribution in [0.15, 0.2) is 11.4 Å². The normalized spacial score (nSPS) is 31.1. The first-order valence-corrected chi connectivity index (χ1v) is 8.37. The Kier molecular flexibility index (Phi) is 3.71. The predicted octanol–water partition coefficient (Wildman–Crippen LogP) is 3.29. The maximum atomic E-state index is 10.3. The number of rotatable bonds is 2. The van der Waals surface area contributed by atoms with E-state index >= 15 is 0 Å². The monoisotopic (exact) mass is 279 g/mol. The summed E-state index contributed by atoms with van der Waals surface area (Å²) in [5.41, 5.74) is 1.92. The van der Waals surface area contributed by atoms with E-state index in [0.29, 0.717) is 11.3 Å². The maximum Gasteiger partial charge on any atom is 0.0581 e. The number of aliphatic hydroxyl groups is 1. The van der Waals surface area contributed by atoms with Crippen molar-refractivity contribution in [3.8, 4) is 0 Å². The maximum absolute atomic E-state index is 10.3. The average Bonchev–Trinajstić information content (AvgIpc) is 2.81. The number of nitrogens with zero attached hydrogens (tertiary/aromatic N) is 1. The summed E-state index contributed by atoms with van der Waals surface area (Å²) in [6, 6.07) is 2.27. The van der Waals surface area contributed by atoms with Crippen molar-refractivity contribution in [1.82, 2.24) is 4.90 Å². The lowest BCUT2D eigenvalue weighted by Gasteiger charge is -2.41. The van der Waals surface area contributed by atoms with Gasteiger partial charge in [0, 0.05) is 24.5 Å². The highest BCUT2D eigenvalue weighted by molar-refractivity contribution is 7.10. The Hall–Kier alpha value is -0.380. The fourth-order valence-electron chi connectivity index (χ4n) is 3.70. The molecule has 3 heteroatoms. The molecule has 1 aliphatic heterocycles. The third-order valence-electron chi connectivity index (χ3n) is 4.86. The van der Waals surface area contributed by atoms with Crippen molar-refractivity contribution in [3.63, 3.8) is 0 Å². The second-order valence-corrected chi connectivity index (χ2v) is 8.09. The average molecular weight is 279 g/mol. The SMILES string of the molecule is CC1(C)CCC(O)C(CN2CCc3sccc3C2)C1. The van der Waals surface area contributed by atoms with Crippen LogP contribution >= 0.6 is 11.3 Å². The molecule has 19 heavy (non-hydrogen) atoms. The summed E-state index contributed by atoms with van der Waals surface area (Å²) >= 11 is 1.90. The first kappa shape index (κ1) is 13.6. The van der Waals surface area contributed by atoms with E-state index in [2.05, 4.69) is 30.2 Å². The van der Waals surface area contributed by atoms with Crippen molar-refractivity contribution in [2.75, 3.05) is 13.1 Å². The van der Waals surface area contributed by atoms with Crippen molar-refractivity contribution in [3.05, 3.63) is 21.9 Å². The third-order valence-corrected chi connectivity index (χ3v) is 5.88. The van der Waals surface area contributed by atoms with Crippen LogP contribution in [0.5, 0.6) is 0 Å². The van der Waals surface area contributed by atoms with Crippen molar-refractivity contribution in [2.45, 2.75) is 52.2 Å². The van der Waals surface area contributed by atoms with Crippen LogP contribution in [0.2, 0.25) is 0 Å². The summed E-state index contributed by atoms with van der Waals surface area (Å²) in [6.07, 6.45) is 4.42. The van der Waals surface area contributed by atoms with E-state index in [1.165, 1.54) is 24.8 Å². The van der Waals surface area contributed by atoms with Gasteiger partial charge >= 0.3 is 0 Å². The zero-order valence-electron chi connectivity index (χ0n) is 12.1. The molecule has 1 aromatic rings. The van der Waals surface area contributed by atoms with Gasteiger partial charge in [0.1, 0.15) is 0 Å². The van der Waals surface area contributed by atoms with Gasteiger partial charge in [-0.2, -0.15) is 0 Å². The van der Waals surface area contributed by atoms with E-state index in [1.807, 2.05) is 11.3 Å². The highest BCUT2D eigenvalue weighted by Gasteiger charge is 2.35. The Balaban J connectivity index is 1.62. The van der Waals surface area contributed by atoms with Crippen LogP contribution in [0.4, 0.5) is 0 Å². The van der Waals surface area contributed by atoms with Crippen LogP contribution in [0, 0.1) is 11.3 Å². The summed E-state index contributed by atoms with van der Waals surface area (Å²) in [5.74, 6) is 0.462. The van der Waals surface area contributed by atoms with E-state index < -0.39 is 0 Å². The molecular formula is C16H25NOS. The van der Waals surface area contributed by atoms with Crippen molar-refractivity contribution in [1.29, 1.82) is 0 Å². The van der Waals surface area contributed by atoms with Gasteiger partial charge in [-0.1, -0.05) is 13.8 Å². The number of hydrogen-bond acceptors (Lipinski definition) is 3. The Morgan fingerprint density at radius 1 is 1.47 bits per heavy atom. The molecule has 0 amide bonds. The standard InChI is InChI=1S/C16H25NOS/c1-16(2)6-3-14(18)13(9-16)11-17-7-4-15-12(10-17)5-8-19-15/h5,8,13-14,18H,3-4,6-7,9-11H2,1-2H3. The minimum atomic E-state index is -0.0862. The van der Waals surface area contributed by atoms with E-state index in [-0.39, 0.29) is 6.10 Å². The van der Waals surface area contributed by atoms with E-state index in [9.17, 15) is 5.11 Å². The summed E-state index contributed by atoms with van der Waals surface area (Å²) in [5, 5.41) is 12.5. The Labute approximate surface area is 120 Å². The third kappa shape index (κ3) is 3.04. The number of fused-ring (bicyclic) bond motifs is 1. The van der Waals surface area contributed by atoms with E-state index in [1.54, 1.807) is 4.88 Å². The highest BCUT2D eigenvalue weighted by Crippen LogP contribution is 2.39. The lowest BCUT2D eigenvalue weighted by Crippen LogP contribution is -2.42. The van der Waals surface area contributed by atoms with E-state index in [4.69, 9.17) is 0 Å². The fraction of sp³-hybridized carbons (Fsp3) is 0.750. The molecule has 2 nitrogen and oxygen atoms in total. The van der Waals surface area contributed by atoms with Gasteiger partial charge < -0.3 is 5.11 Å². The molecule has 2 unspecified atom stereocenters. The summed E-state index contributed by atoms with van der Waals surface area (Å²) in [6.45, 7) is 8.01. The Morgan fingerprint density at radius 3 is 3.16 bits per heavy atom. The molecule has 1 saturated carbocycles. The lowest BCUT2D eigenvalue weighted by molar-refractivity contribution is 0.00229. The van der Waals surface area contributed by atoms with Crippen LogP contribution in [0.3, 0.4) is 0 Å². The zero-order chi connectivity index (χ0) is 13.5. The number of thiophene rings is 1. The molecule has 106 valence electrons. The van der Waals surface area contributed by atoms with Gasteiger partial charge in [-0.25, -0.2) is 0 Å². The first-order chi connectivity index (χ1) is 9.03. The molecule has 2 heterocycles. The fourth-order valence-corrected chi connectivity index (χ4v) is 4.59. The largest absolute Gasteiger partial charge is 0.393 e. The van der Waals surface area contributed by atoms with Crippen LogP contribution in [0.25, 0.3) is 0 Å². The smallest absolute Gasteiger partial charge is 0.0581 e. The van der Waals surface area contributed by atoms with Crippen LogP contribution in [0.1, 0.15) is 43.6 Å². The minimum Gasteiger partial charge on any atom is -0.393 e. The molecule has 3 rings (SSSR count). The van der Waals surface area contributed by atoms with Crippen LogP contribution in [-0.2, 0) is 13.0 Å². The predicted molar refractivity (Wildman–Crippen MR) is 80.4 cm³/mol. The number of hydrogen-bond donors (Lipinski definition) is 1. The van der Waals surface area contributed by atoms with Crippen molar-refractivity contribution < 1.29 is 5.11 Å². The lowest BCUT2D eigenvalue weighted by atomic mass is 9.70.